The second-order valence-electron chi connectivity index (χ2n) is 3.04. The van der Waals surface area contributed by atoms with Gasteiger partial charge in [-0.1, -0.05) is 0 Å². The van der Waals surface area contributed by atoms with E-state index in [2.05, 4.69) is 15.3 Å². The SMILES string of the molecule is Cc1ocnc1CNc1ncccc1F. The quantitative estimate of drug-likeness (QED) is 0.837. The van der Waals surface area contributed by atoms with Gasteiger partial charge in [0, 0.05) is 6.20 Å². The van der Waals surface area contributed by atoms with Crippen molar-refractivity contribution in [2.24, 2.45) is 0 Å². The molecule has 0 radical (unpaired) electrons. The normalized spacial score (nSPS) is 10.3. The summed E-state index contributed by atoms with van der Waals surface area (Å²) in [5, 5.41) is 2.85. The number of anilines is 1. The molecule has 1 N–H and O–H groups in total. The van der Waals surface area contributed by atoms with Crippen molar-refractivity contribution >= 4 is 5.82 Å². The number of rotatable bonds is 3. The van der Waals surface area contributed by atoms with Crippen molar-refractivity contribution in [1.29, 1.82) is 0 Å². The number of oxazole rings is 1. The minimum atomic E-state index is -0.376. The molecule has 0 unspecified atom stereocenters. The van der Waals surface area contributed by atoms with Gasteiger partial charge in [0.2, 0.25) is 0 Å². The molecule has 0 saturated heterocycles. The minimum Gasteiger partial charge on any atom is -0.448 e. The molecule has 5 heteroatoms. The molecule has 0 saturated carbocycles. The van der Waals surface area contributed by atoms with Crippen LogP contribution in [-0.4, -0.2) is 9.97 Å². The predicted octanol–water partition coefficient (Wildman–Crippen LogP) is 2.13. The summed E-state index contributed by atoms with van der Waals surface area (Å²) in [5.74, 6) is 0.567. The standard InChI is InChI=1S/C10H10FN3O/c1-7-9(14-6-15-7)5-13-10-8(11)3-2-4-12-10/h2-4,6H,5H2,1H3,(H,12,13). The van der Waals surface area contributed by atoms with E-state index in [0.29, 0.717) is 6.54 Å². The minimum absolute atomic E-state index is 0.222. The van der Waals surface area contributed by atoms with Gasteiger partial charge < -0.3 is 9.73 Å². The first kappa shape index (κ1) is 9.64. The molecule has 2 aromatic rings. The summed E-state index contributed by atoms with van der Waals surface area (Å²) in [4.78, 5) is 7.84. The molecule has 4 nitrogen and oxygen atoms in total. The van der Waals surface area contributed by atoms with E-state index >= 15 is 0 Å². The molecule has 0 amide bonds. The van der Waals surface area contributed by atoms with Gasteiger partial charge in [0.05, 0.1) is 6.54 Å². The molecule has 0 aliphatic carbocycles. The molecule has 0 fully saturated rings. The first-order valence-corrected chi connectivity index (χ1v) is 4.50. The van der Waals surface area contributed by atoms with Gasteiger partial charge in [-0.15, -0.1) is 0 Å². The van der Waals surface area contributed by atoms with Crippen LogP contribution in [0.3, 0.4) is 0 Å². The summed E-state index contributed by atoms with van der Waals surface area (Å²) in [6, 6.07) is 2.90. The second-order valence-corrected chi connectivity index (χ2v) is 3.04. The molecular weight excluding hydrogens is 197 g/mol. The summed E-state index contributed by atoms with van der Waals surface area (Å²) < 4.78 is 18.2. The Kier molecular flexibility index (Phi) is 2.62. The number of nitrogens with one attached hydrogen (secondary N) is 1. The van der Waals surface area contributed by atoms with Crippen LogP contribution in [0.1, 0.15) is 11.5 Å². The molecule has 0 aliphatic rings. The Hall–Kier alpha value is -1.91. The smallest absolute Gasteiger partial charge is 0.181 e. The van der Waals surface area contributed by atoms with E-state index in [0.717, 1.165) is 11.5 Å². The Morgan fingerprint density at radius 1 is 1.47 bits per heavy atom. The van der Waals surface area contributed by atoms with Crippen LogP contribution in [0.15, 0.2) is 29.1 Å². The Morgan fingerprint density at radius 2 is 2.33 bits per heavy atom. The van der Waals surface area contributed by atoms with E-state index in [1.54, 1.807) is 13.0 Å². The topological polar surface area (TPSA) is 51.0 Å². The van der Waals surface area contributed by atoms with E-state index in [4.69, 9.17) is 4.42 Å². The van der Waals surface area contributed by atoms with Crippen LogP contribution in [0.25, 0.3) is 0 Å². The summed E-state index contributed by atoms with van der Waals surface area (Å²) in [6.07, 6.45) is 2.89. The lowest BCUT2D eigenvalue weighted by molar-refractivity contribution is 0.524. The van der Waals surface area contributed by atoms with Crippen molar-refractivity contribution in [2.75, 3.05) is 5.32 Å². The number of aryl methyl sites for hydroxylation is 1. The van der Waals surface area contributed by atoms with Crippen LogP contribution in [0.4, 0.5) is 10.2 Å². The highest BCUT2D eigenvalue weighted by atomic mass is 19.1. The number of hydrogen-bond acceptors (Lipinski definition) is 4. The first-order chi connectivity index (χ1) is 7.27. The number of nitrogens with zero attached hydrogens (tertiary/aromatic N) is 2. The van der Waals surface area contributed by atoms with E-state index in [1.807, 2.05) is 0 Å². The zero-order chi connectivity index (χ0) is 10.7. The molecule has 2 rings (SSSR count). The van der Waals surface area contributed by atoms with E-state index in [9.17, 15) is 4.39 Å². The number of aromatic nitrogens is 2. The fourth-order valence-electron chi connectivity index (χ4n) is 1.18. The summed E-state index contributed by atoms with van der Waals surface area (Å²) in [7, 11) is 0. The van der Waals surface area contributed by atoms with Gasteiger partial charge in [0.25, 0.3) is 0 Å². The Balaban J connectivity index is 2.06. The van der Waals surface area contributed by atoms with Crippen molar-refractivity contribution < 1.29 is 8.81 Å². The highest BCUT2D eigenvalue weighted by molar-refractivity contribution is 5.36. The summed E-state index contributed by atoms with van der Waals surface area (Å²) >= 11 is 0. The van der Waals surface area contributed by atoms with Crippen LogP contribution < -0.4 is 5.32 Å². The average Bonchev–Trinajstić information content (AvgIpc) is 2.63. The maximum atomic E-state index is 13.1. The van der Waals surface area contributed by atoms with Crippen molar-refractivity contribution in [3.05, 3.63) is 42.0 Å². The van der Waals surface area contributed by atoms with E-state index in [1.165, 1.54) is 18.7 Å². The maximum Gasteiger partial charge on any atom is 0.181 e. The van der Waals surface area contributed by atoms with Crippen molar-refractivity contribution in [3.8, 4) is 0 Å². The zero-order valence-corrected chi connectivity index (χ0v) is 8.20. The molecule has 0 atom stereocenters. The van der Waals surface area contributed by atoms with Gasteiger partial charge in [-0.2, -0.15) is 0 Å². The molecule has 0 aliphatic heterocycles. The Labute approximate surface area is 86.2 Å². The number of halogens is 1. The van der Waals surface area contributed by atoms with Crippen LogP contribution in [0.5, 0.6) is 0 Å². The third-order valence-electron chi connectivity index (χ3n) is 2.03. The van der Waals surface area contributed by atoms with E-state index in [-0.39, 0.29) is 11.6 Å². The molecule has 2 heterocycles. The fraction of sp³-hybridized carbons (Fsp3) is 0.200. The zero-order valence-electron chi connectivity index (χ0n) is 8.20. The lowest BCUT2D eigenvalue weighted by Crippen LogP contribution is -2.04. The van der Waals surface area contributed by atoms with Gasteiger partial charge in [-0.3, -0.25) is 0 Å². The molecule has 78 valence electrons. The lowest BCUT2D eigenvalue weighted by Gasteiger charge is -2.03. The highest BCUT2D eigenvalue weighted by Gasteiger charge is 2.05. The van der Waals surface area contributed by atoms with Crippen LogP contribution in [0.2, 0.25) is 0 Å². The monoisotopic (exact) mass is 207 g/mol. The van der Waals surface area contributed by atoms with Crippen LogP contribution in [0, 0.1) is 12.7 Å². The first-order valence-electron chi connectivity index (χ1n) is 4.50. The molecule has 15 heavy (non-hydrogen) atoms. The second kappa shape index (κ2) is 4.08. The lowest BCUT2D eigenvalue weighted by atomic mass is 10.3. The number of pyridine rings is 1. The van der Waals surface area contributed by atoms with Gasteiger partial charge in [-0.05, 0) is 19.1 Å². The van der Waals surface area contributed by atoms with Crippen LogP contribution in [-0.2, 0) is 6.54 Å². The third kappa shape index (κ3) is 2.12. The van der Waals surface area contributed by atoms with Crippen molar-refractivity contribution in [1.82, 2.24) is 9.97 Å². The third-order valence-corrected chi connectivity index (χ3v) is 2.03. The van der Waals surface area contributed by atoms with Crippen LogP contribution >= 0.6 is 0 Å². The largest absolute Gasteiger partial charge is 0.448 e. The summed E-state index contributed by atoms with van der Waals surface area (Å²) in [5.41, 5.74) is 0.750. The van der Waals surface area contributed by atoms with Gasteiger partial charge >= 0.3 is 0 Å². The average molecular weight is 207 g/mol. The van der Waals surface area contributed by atoms with Gasteiger partial charge in [0.1, 0.15) is 11.5 Å². The fourth-order valence-corrected chi connectivity index (χ4v) is 1.18. The number of hydrogen-bond donors (Lipinski definition) is 1. The van der Waals surface area contributed by atoms with Crippen molar-refractivity contribution in [3.63, 3.8) is 0 Å². The molecule has 0 bridgehead atoms. The Morgan fingerprint density at radius 3 is 3.00 bits per heavy atom. The van der Waals surface area contributed by atoms with Gasteiger partial charge in [0.15, 0.2) is 18.0 Å². The predicted molar refractivity (Wildman–Crippen MR) is 52.8 cm³/mol. The van der Waals surface area contributed by atoms with E-state index < -0.39 is 0 Å². The molecule has 0 spiro atoms. The molecular formula is C10H10FN3O. The van der Waals surface area contributed by atoms with Gasteiger partial charge in [-0.25, -0.2) is 14.4 Å². The highest BCUT2D eigenvalue weighted by Crippen LogP contribution is 2.11. The molecule has 2 aromatic heterocycles. The maximum absolute atomic E-state index is 13.1. The summed E-state index contributed by atoms with van der Waals surface area (Å²) in [6.45, 7) is 2.20. The Bertz CT molecular complexity index is 455. The molecule has 0 aromatic carbocycles. The van der Waals surface area contributed by atoms with Crippen molar-refractivity contribution in [2.45, 2.75) is 13.5 Å².